The number of H-pyrrole nitrogens is 1. The first kappa shape index (κ1) is 22.3. The molecule has 1 aromatic heterocycles. The minimum Gasteiger partial charge on any atom is -0.452 e. The van der Waals surface area contributed by atoms with Gasteiger partial charge in [0.2, 0.25) is 0 Å². The van der Waals surface area contributed by atoms with Crippen LogP contribution in [0.25, 0.3) is 0 Å². The maximum Gasteiger partial charge on any atom is 0.338 e. The van der Waals surface area contributed by atoms with Crippen LogP contribution in [-0.2, 0) is 9.53 Å². The van der Waals surface area contributed by atoms with E-state index in [4.69, 9.17) is 4.74 Å². The smallest absolute Gasteiger partial charge is 0.338 e. The quantitative estimate of drug-likeness (QED) is 0.287. The van der Waals surface area contributed by atoms with E-state index in [9.17, 15) is 34.2 Å². The Morgan fingerprint density at radius 3 is 2.53 bits per heavy atom. The summed E-state index contributed by atoms with van der Waals surface area (Å²) in [4.78, 5) is 48.9. The Morgan fingerprint density at radius 1 is 1.12 bits per heavy atom. The number of esters is 1. The van der Waals surface area contributed by atoms with E-state index in [2.05, 4.69) is 20.5 Å². The van der Waals surface area contributed by atoms with Crippen LogP contribution in [0.15, 0.2) is 52.8 Å². The van der Waals surface area contributed by atoms with Crippen molar-refractivity contribution in [2.45, 2.75) is 10.1 Å². The number of aromatic nitrogens is 3. The van der Waals surface area contributed by atoms with Gasteiger partial charge in [-0.15, -0.1) is 0 Å². The van der Waals surface area contributed by atoms with E-state index >= 15 is 0 Å². The Morgan fingerprint density at radius 2 is 1.88 bits per heavy atom. The molecule has 3 rings (SSSR count). The molecule has 2 N–H and O–H groups in total. The highest BCUT2D eigenvalue weighted by Gasteiger charge is 2.21. The molecule has 0 unspecified atom stereocenters. The molecule has 0 fully saturated rings. The van der Waals surface area contributed by atoms with Gasteiger partial charge in [0.15, 0.2) is 11.8 Å². The third-order valence-corrected chi connectivity index (χ3v) is 4.71. The van der Waals surface area contributed by atoms with Gasteiger partial charge < -0.3 is 10.1 Å². The second-order valence-electron chi connectivity index (χ2n) is 5.88. The maximum atomic E-state index is 13.2. The molecule has 0 radical (unpaired) electrons. The number of hydrogen-bond donors (Lipinski definition) is 2. The van der Waals surface area contributed by atoms with Crippen LogP contribution in [0.2, 0.25) is 0 Å². The van der Waals surface area contributed by atoms with Gasteiger partial charge in [0, 0.05) is 6.07 Å². The normalized spacial score (nSPS) is 10.4. The van der Waals surface area contributed by atoms with Crippen molar-refractivity contribution in [1.82, 2.24) is 15.2 Å². The van der Waals surface area contributed by atoms with Crippen LogP contribution in [0.1, 0.15) is 10.4 Å². The fourth-order valence-corrected chi connectivity index (χ4v) is 3.16. The van der Waals surface area contributed by atoms with Crippen molar-refractivity contribution in [3.05, 3.63) is 74.3 Å². The number of nitro benzene ring substituents is 2. The molecular formula is C17H11FN6O7S. The van der Waals surface area contributed by atoms with Crippen molar-refractivity contribution in [1.29, 1.82) is 0 Å². The van der Waals surface area contributed by atoms with E-state index in [1.54, 1.807) is 0 Å². The van der Waals surface area contributed by atoms with Gasteiger partial charge >= 0.3 is 5.97 Å². The standard InChI is InChI=1S/C17H11FN6O7S/c18-10-2-3-11(12(6-10)23(27)28)21-15(25)7-31-16(26)9-1-4-14(13(5-9)24(29)30)32-17-19-8-20-22-17/h1-6,8H,7H2,(H,21,25)(H,19,20,22). The van der Waals surface area contributed by atoms with Gasteiger partial charge in [-0.05, 0) is 36.0 Å². The summed E-state index contributed by atoms with van der Waals surface area (Å²) in [6, 6.07) is 6.07. The Balaban J connectivity index is 1.67. The molecule has 0 aliphatic rings. The molecule has 15 heteroatoms. The molecule has 0 spiro atoms. The third-order valence-electron chi connectivity index (χ3n) is 3.76. The molecule has 2 aromatic carbocycles. The van der Waals surface area contributed by atoms with Gasteiger partial charge in [-0.25, -0.2) is 14.2 Å². The predicted octanol–water partition coefficient (Wildman–Crippen LogP) is 2.71. The van der Waals surface area contributed by atoms with Crippen LogP contribution in [0.5, 0.6) is 0 Å². The van der Waals surface area contributed by atoms with Crippen LogP contribution >= 0.6 is 11.8 Å². The van der Waals surface area contributed by atoms with E-state index < -0.39 is 45.5 Å². The topological polar surface area (TPSA) is 183 Å². The molecule has 164 valence electrons. The molecule has 0 bridgehead atoms. The first-order valence-electron chi connectivity index (χ1n) is 8.47. The number of carbonyl (C=O) groups is 2. The molecule has 0 aliphatic heterocycles. The SMILES string of the molecule is O=C(COC(=O)c1ccc(Sc2ncn[nH]2)c([N+](=O)[O-])c1)Nc1ccc(F)cc1[N+](=O)[O-]. The number of benzene rings is 2. The zero-order valence-electron chi connectivity index (χ0n) is 15.7. The summed E-state index contributed by atoms with van der Waals surface area (Å²) in [5, 5.41) is 30.9. The number of anilines is 1. The van der Waals surface area contributed by atoms with Crippen molar-refractivity contribution in [2.75, 3.05) is 11.9 Å². The second-order valence-corrected chi connectivity index (χ2v) is 6.91. The monoisotopic (exact) mass is 462 g/mol. The molecule has 0 aliphatic carbocycles. The molecule has 13 nitrogen and oxygen atoms in total. The highest BCUT2D eigenvalue weighted by Crippen LogP contribution is 2.33. The average Bonchev–Trinajstić information content (AvgIpc) is 3.26. The Kier molecular flexibility index (Phi) is 6.69. The van der Waals surface area contributed by atoms with Crippen LogP contribution in [-0.4, -0.2) is 43.5 Å². The minimum absolute atomic E-state index is 0.185. The summed E-state index contributed by atoms with van der Waals surface area (Å²) in [5.41, 5.74) is -1.56. The Labute approximate surface area is 181 Å². The van der Waals surface area contributed by atoms with Crippen LogP contribution in [0.3, 0.4) is 0 Å². The summed E-state index contributed by atoms with van der Waals surface area (Å²) in [6.07, 6.45) is 1.23. The molecule has 32 heavy (non-hydrogen) atoms. The van der Waals surface area contributed by atoms with Crippen LogP contribution in [0.4, 0.5) is 21.5 Å². The number of amides is 1. The third kappa shape index (κ3) is 5.39. The number of hydrogen-bond acceptors (Lipinski definition) is 10. The number of halogens is 1. The van der Waals surface area contributed by atoms with Gasteiger partial charge in [-0.3, -0.25) is 30.1 Å². The number of ether oxygens (including phenoxy) is 1. The Hall–Kier alpha value is -4.40. The van der Waals surface area contributed by atoms with Gasteiger partial charge in [0.25, 0.3) is 17.3 Å². The molecule has 0 atom stereocenters. The van der Waals surface area contributed by atoms with Crippen LogP contribution in [0, 0.1) is 26.0 Å². The second kappa shape index (κ2) is 9.61. The Bertz CT molecular complexity index is 1200. The van der Waals surface area contributed by atoms with Crippen molar-refractivity contribution >= 4 is 40.7 Å². The predicted molar refractivity (Wildman–Crippen MR) is 106 cm³/mol. The van der Waals surface area contributed by atoms with Crippen LogP contribution < -0.4 is 5.32 Å². The molecule has 3 aromatic rings. The van der Waals surface area contributed by atoms with Crippen molar-refractivity contribution in [2.24, 2.45) is 0 Å². The molecular weight excluding hydrogens is 451 g/mol. The minimum atomic E-state index is -1.03. The zero-order chi connectivity index (χ0) is 23.3. The summed E-state index contributed by atoms with van der Waals surface area (Å²) in [7, 11) is 0. The van der Waals surface area contributed by atoms with Gasteiger partial charge in [-0.2, -0.15) is 5.10 Å². The molecule has 1 amide bonds. The molecule has 1 heterocycles. The van der Waals surface area contributed by atoms with Gasteiger partial charge in [0.05, 0.1) is 26.4 Å². The van der Waals surface area contributed by atoms with E-state index in [0.29, 0.717) is 11.2 Å². The fourth-order valence-electron chi connectivity index (χ4n) is 2.38. The number of nitrogens with zero attached hydrogens (tertiary/aromatic N) is 4. The average molecular weight is 462 g/mol. The summed E-state index contributed by atoms with van der Waals surface area (Å²) in [6.45, 7) is -0.838. The van der Waals surface area contributed by atoms with E-state index in [-0.39, 0.29) is 16.1 Å². The summed E-state index contributed by atoms with van der Waals surface area (Å²) >= 11 is 0.925. The van der Waals surface area contributed by atoms with E-state index in [0.717, 1.165) is 30.0 Å². The molecule has 0 saturated heterocycles. The van der Waals surface area contributed by atoms with E-state index in [1.807, 2.05) is 0 Å². The lowest BCUT2D eigenvalue weighted by molar-refractivity contribution is -0.387. The lowest BCUT2D eigenvalue weighted by Crippen LogP contribution is -2.21. The largest absolute Gasteiger partial charge is 0.452 e. The lowest BCUT2D eigenvalue weighted by Gasteiger charge is -2.08. The highest BCUT2D eigenvalue weighted by molar-refractivity contribution is 7.99. The summed E-state index contributed by atoms with van der Waals surface area (Å²) < 4.78 is 18.0. The van der Waals surface area contributed by atoms with Crippen molar-refractivity contribution < 1.29 is 28.6 Å². The fraction of sp³-hybridized carbons (Fsp3) is 0.0588. The van der Waals surface area contributed by atoms with Gasteiger partial charge in [0.1, 0.15) is 17.8 Å². The molecule has 0 saturated carbocycles. The number of nitro groups is 2. The lowest BCUT2D eigenvalue weighted by atomic mass is 10.2. The van der Waals surface area contributed by atoms with Crippen molar-refractivity contribution in [3.63, 3.8) is 0 Å². The first-order chi connectivity index (χ1) is 15.2. The van der Waals surface area contributed by atoms with E-state index in [1.165, 1.54) is 18.5 Å². The van der Waals surface area contributed by atoms with Crippen molar-refractivity contribution in [3.8, 4) is 0 Å². The number of carbonyl (C=O) groups excluding carboxylic acids is 2. The summed E-state index contributed by atoms with van der Waals surface area (Å²) in [5.74, 6) is -2.83. The van der Waals surface area contributed by atoms with Gasteiger partial charge in [-0.1, -0.05) is 0 Å². The number of rotatable bonds is 8. The number of aromatic amines is 1. The number of nitrogens with one attached hydrogen (secondary N) is 2. The zero-order valence-corrected chi connectivity index (χ0v) is 16.5. The highest BCUT2D eigenvalue weighted by atomic mass is 32.2. The first-order valence-corrected chi connectivity index (χ1v) is 9.29. The maximum absolute atomic E-state index is 13.2.